The van der Waals surface area contributed by atoms with Gasteiger partial charge in [0, 0.05) is 6.61 Å². The average Bonchev–Trinajstić information content (AvgIpc) is 1.89. The quantitative estimate of drug-likeness (QED) is 0.407. The van der Waals surface area contributed by atoms with Crippen molar-refractivity contribution in [2.24, 2.45) is 0 Å². The maximum Gasteiger partial charge on any atom is 0.349 e. The van der Waals surface area contributed by atoms with E-state index >= 15 is 0 Å². The molecule has 0 aromatic carbocycles. The van der Waals surface area contributed by atoms with E-state index in [2.05, 4.69) is 11.1 Å². The Kier molecular flexibility index (Phi) is 3.09. The SMILES string of the molecule is C#C[Si](C)(C#C)OCC. The highest BCUT2D eigenvalue weighted by atomic mass is 28.4. The van der Waals surface area contributed by atoms with E-state index in [0.29, 0.717) is 6.61 Å². The summed E-state index contributed by atoms with van der Waals surface area (Å²) in [7, 11) is -2.14. The van der Waals surface area contributed by atoms with Crippen molar-refractivity contribution in [2.75, 3.05) is 6.61 Å². The first-order valence-electron chi connectivity index (χ1n) is 2.78. The van der Waals surface area contributed by atoms with Crippen LogP contribution in [0.5, 0.6) is 0 Å². The van der Waals surface area contributed by atoms with E-state index in [1.165, 1.54) is 0 Å². The van der Waals surface area contributed by atoms with Crippen molar-refractivity contribution in [1.29, 1.82) is 0 Å². The van der Waals surface area contributed by atoms with Crippen LogP contribution < -0.4 is 0 Å². The van der Waals surface area contributed by atoms with Crippen LogP contribution in [0.1, 0.15) is 6.92 Å². The summed E-state index contributed by atoms with van der Waals surface area (Å²) in [5, 5.41) is 0. The van der Waals surface area contributed by atoms with Crippen molar-refractivity contribution in [2.45, 2.75) is 13.5 Å². The zero-order valence-electron chi connectivity index (χ0n) is 5.77. The lowest BCUT2D eigenvalue weighted by Gasteiger charge is -2.11. The van der Waals surface area contributed by atoms with Gasteiger partial charge in [0.05, 0.1) is 0 Å². The Bertz CT molecular complexity index is 147. The van der Waals surface area contributed by atoms with Crippen LogP contribution in [-0.4, -0.2) is 14.9 Å². The summed E-state index contributed by atoms with van der Waals surface area (Å²) >= 11 is 0. The minimum Gasteiger partial charge on any atom is -0.397 e. The van der Waals surface area contributed by atoms with Crippen molar-refractivity contribution in [3.8, 4) is 23.9 Å². The van der Waals surface area contributed by atoms with Crippen LogP contribution in [-0.2, 0) is 4.43 Å². The molecule has 0 aliphatic heterocycles. The summed E-state index contributed by atoms with van der Waals surface area (Å²) in [5.74, 6) is 0. The molecule has 1 nitrogen and oxygen atoms in total. The van der Waals surface area contributed by atoms with Crippen LogP contribution >= 0.6 is 0 Å². The van der Waals surface area contributed by atoms with E-state index in [4.69, 9.17) is 17.3 Å². The van der Waals surface area contributed by atoms with Gasteiger partial charge < -0.3 is 4.43 Å². The Labute approximate surface area is 57.5 Å². The second kappa shape index (κ2) is 3.35. The zero-order chi connectivity index (χ0) is 7.33. The molecule has 0 N–H and O–H groups in total. The Balaban J connectivity index is 4.02. The molecule has 0 atom stereocenters. The van der Waals surface area contributed by atoms with Crippen LogP contribution in [0, 0.1) is 23.9 Å². The Morgan fingerprint density at radius 3 is 2.00 bits per heavy atom. The molecule has 0 unspecified atom stereocenters. The van der Waals surface area contributed by atoms with Gasteiger partial charge in [-0.15, -0.1) is 12.8 Å². The molecule has 0 amide bonds. The molecular weight excluding hydrogens is 128 g/mol. The van der Waals surface area contributed by atoms with Crippen molar-refractivity contribution in [1.82, 2.24) is 0 Å². The van der Waals surface area contributed by atoms with Crippen LogP contribution in [0.25, 0.3) is 0 Å². The summed E-state index contributed by atoms with van der Waals surface area (Å²) in [4.78, 5) is 0. The van der Waals surface area contributed by atoms with E-state index in [0.717, 1.165) is 0 Å². The standard InChI is InChI=1S/C7H10OSi/c1-5-8-9(4,6-2)7-3/h2-3H,5H2,1,4H3. The molecule has 0 saturated carbocycles. The molecule has 0 aromatic rings. The Hall–Kier alpha value is -0.703. The maximum absolute atomic E-state index is 5.19. The summed E-state index contributed by atoms with van der Waals surface area (Å²) in [6.07, 6.45) is 10.3. The highest BCUT2D eigenvalue weighted by molar-refractivity contribution is 6.87. The van der Waals surface area contributed by atoms with Crippen molar-refractivity contribution >= 4 is 8.32 Å². The van der Waals surface area contributed by atoms with Gasteiger partial charge in [0.2, 0.25) is 0 Å². The van der Waals surface area contributed by atoms with Gasteiger partial charge in [-0.05, 0) is 13.5 Å². The number of terminal acetylenes is 2. The molecule has 9 heavy (non-hydrogen) atoms. The monoisotopic (exact) mass is 138 g/mol. The van der Waals surface area contributed by atoms with Gasteiger partial charge in [0.1, 0.15) is 0 Å². The lowest BCUT2D eigenvalue weighted by atomic mass is 10.9. The van der Waals surface area contributed by atoms with Crippen LogP contribution in [0.2, 0.25) is 6.55 Å². The molecule has 0 radical (unpaired) electrons. The van der Waals surface area contributed by atoms with E-state index in [9.17, 15) is 0 Å². The lowest BCUT2D eigenvalue weighted by Crippen LogP contribution is -2.31. The molecule has 0 aromatic heterocycles. The second-order valence-electron chi connectivity index (χ2n) is 1.75. The molecule has 2 heteroatoms. The van der Waals surface area contributed by atoms with Crippen molar-refractivity contribution in [3.05, 3.63) is 0 Å². The summed E-state index contributed by atoms with van der Waals surface area (Å²) in [6.45, 7) is 4.33. The summed E-state index contributed by atoms with van der Waals surface area (Å²) in [5.41, 5.74) is 5.02. The van der Waals surface area contributed by atoms with Gasteiger partial charge in [-0.2, -0.15) is 0 Å². The van der Waals surface area contributed by atoms with Gasteiger partial charge in [-0.25, -0.2) is 0 Å². The molecule has 0 aliphatic rings. The smallest absolute Gasteiger partial charge is 0.349 e. The predicted octanol–water partition coefficient (Wildman–Crippen LogP) is 0.943. The fraction of sp³-hybridized carbons (Fsp3) is 0.429. The van der Waals surface area contributed by atoms with Crippen molar-refractivity contribution < 1.29 is 4.43 Å². The first kappa shape index (κ1) is 8.30. The third kappa shape index (κ3) is 2.37. The molecule has 0 aliphatic carbocycles. The first-order valence-corrected chi connectivity index (χ1v) is 5.19. The van der Waals surface area contributed by atoms with Gasteiger partial charge in [-0.1, -0.05) is 11.1 Å². The molecule has 0 saturated heterocycles. The number of hydrogen-bond donors (Lipinski definition) is 0. The third-order valence-electron chi connectivity index (χ3n) is 0.984. The molecule has 0 rings (SSSR count). The number of hydrogen-bond acceptors (Lipinski definition) is 1. The largest absolute Gasteiger partial charge is 0.397 e. The lowest BCUT2D eigenvalue weighted by molar-refractivity contribution is 0.345. The minimum absolute atomic E-state index is 0.608. The summed E-state index contributed by atoms with van der Waals surface area (Å²) < 4.78 is 5.19. The Morgan fingerprint density at radius 1 is 1.44 bits per heavy atom. The zero-order valence-corrected chi connectivity index (χ0v) is 6.77. The molecular formula is C7H10OSi. The van der Waals surface area contributed by atoms with Crippen LogP contribution in [0.4, 0.5) is 0 Å². The minimum atomic E-state index is -2.14. The molecule has 0 heterocycles. The maximum atomic E-state index is 5.19. The normalized spacial score (nSPS) is 9.78. The van der Waals surface area contributed by atoms with E-state index in [1.54, 1.807) is 0 Å². The molecule has 48 valence electrons. The number of rotatable bonds is 2. The highest BCUT2D eigenvalue weighted by Gasteiger charge is 2.22. The van der Waals surface area contributed by atoms with Gasteiger partial charge in [0.25, 0.3) is 0 Å². The fourth-order valence-electron chi connectivity index (χ4n) is 0.414. The second-order valence-corrected chi connectivity index (χ2v) is 4.69. The van der Waals surface area contributed by atoms with E-state index < -0.39 is 8.32 Å². The fourth-order valence-corrected chi connectivity index (χ4v) is 1.24. The molecule has 0 spiro atoms. The summed E-state index contributed by atoms with van der Waals surface area (Å²) in [6, 6.07) is 0. The van der Waals surface area contributed by atoms with E-state index in [1.807, 2.05) is 13.5 Å². The van der Waals surface area contributed by atoms with Gasteiger partial charge >= 0.3 is 8.32 Å². The van der Waals surface area contributed by atoms with Crippen LogP contribution in [0.15, 0.2) is 0 Å². The Morgan fingerprint density at radius 2 is 1.89 bits per heavy atom. The first-order chi connectivity index (χ1) is 4.18. The molecule has 0 bridgehead atoms. The van der Waals surface area contributed by atoms with Crippen molar-refractivity contribution in [3.63, 3.8) is 0 Å². The topological polar surface area (TPSA) is 9.23 Å². The van der Waals surface area contributed by atoms with Gasteiger partial charge in [0.15, 0.2) is 0 Å². The molecule has 0 fully saturated rings. The van der Waals surface area contributed by atoms with E-state index in [-0.39, 0.29) is 0 Å². The van der Waals surface area contributed by atoms with Crippen LogP contribution in [0.3, 0.4) is 0 Å². The highest BCUT2D eigenvalue weighted by Crippen LogP contribution is 1.99. The van der Waals surface area contributed by atoms with Gasteiger partial charge in [-0.3, -0.25) is 0 Å². The predicted molar refractivity (Wildman–Crippen MR) is 40.9 cm³/mol. The average molecular weight is 138 g/mol. The third-order valence-corrected chi connectivity index (χ3v) is 2.95.